The number of amides is 2. The highest BCUT2D eigenvalue weighted by atomic mass is 35.5. The van der Waals surface area contributed by atoms with E-state index in [1.807, 2.05) is 6.92 Å². The molecule has 13 heteroatoms. The van der Waals surface area contributed by atoms with E-state index in [1.54, 1.807) is 31.2 Å². The Balaban J connectivity index is 2.50. The third-order valence-corrected chi connectivity index (χ3v) is 7.15. The van der Waals surface area contributed by atoms with Gasteiger partial charge in [0.1, 0.15) is 12.6 Å². The van der Waals surface area contributed by atoms with Crippen molar-refractivity contribution >= 4 is 50.7 Å². The van der Waals surface area contributed by atoms with Crippen molar-refractivity contribution in [1.29, 1.82) is 0 Å². The van der Waals surface area contributed by atoms with Crippen molar-refractivity contribution in [1.82, 2.24) is 10.2 Å². The summed E-state index contributed by atoms with van der Waals surface area (Å²) in [6, 6.07) is 8.14. The molecule has 204 valence electrons. The van der Waals surface area contributed by atoms with Crippen LogP contribution in [-0.2, 0) is 32.3 Å². The lowest BCUT2D eigenvalue weighted by atomic mass is 10.1. The van der Waals surface area contributed by atoms with Crippen molar-refractivity contribution in [3.63, 3.8) is 0 Å². The molecule has 2 aromatic carbocycles. The summed E-state index contributed by atoms with van der Waals surface area (Å²) >= 11 is 11.6. The molecule has 1 atom stereocenters. The first-order chi connectivity index (χ1) is 17.2. The van der Waals surface area contributed by atoms with Crippen LogP contribution in [0.1, 0.15) is 37.8 Å². The Morgan fingerprint density at radius 1 is 1.05 bits per heavy atom. The highest BCUT2D eigenvalue weighted by Crippen LogP contribution is 2.37. The normalized spacial score (nSPS) is 12.6. The standard InChI is InChI=1S/C24H28Cl2F3N3O4S/c1-4-12-30-23(34)21(5-2)31(14-16-6-8-17(25)9-7-16)22(33)15-32(37(3,35)36)18-10-11-20(26)19(13-18)24(27,28)29/h6-11,13,21H,4-5,12,14-15H2,1-3H3,(H,30,34)/t21-/m0/s1. The van der Waals surface area contributed by atoms with Gasteiger partial charge in [-0.05, 0) is 48.7 Å². The van der Waals surface area contributed by atoms with E-state index in [-0.39, 0.29) is 18.7 Å². The summed E-state index contributed by atoms with van der Waals surface area (Å²) in [6.07, 6.45) is -3.19. The summed E-state index contributed by atoms with van der Waals surface area (Å²) in [6.45, 7) is 3.05. The lowest BCUT2D eigenvalue weighted by Crippen LogP contribution is -2.52. The van der Waals surface area contributed by atoms with Gasteiger partial charge in [-0.2, -0.15) is 13.2 Å². The molecular formula is C24H28Cl2F3N3O4S. The maximum atomic E-state index is 13.5. The molecule has 2 aromatic rings. The van der Waals surface area contributed by atoms with Gasteiger partial charge in [-0.3, -0.25) is 13.9 Å². The summed E-state index contributed by atoms with van der Waals surface area (Å²) in [5.74, 6) is -1.20. The largest absolute Gasteiger partial charge is 0.417 e. The minimum atomic E-state index is -4.84. The second-order valence-corrected chi connectivity index (χ2v) is 11.0. The highest BCUT2D eigenvalue weighted by molar-refractivity contribution is 7.92. The maximum absolute atomic E-state index is 13.5. The third kappa shape index (κ3) is 8.51. The molecule has 37 heavy (non-hydrogen) atoms. The molecule has 0 spiro atoms. The van der Waals surface area contributed by atoms with Crippen LogP contribution in [0.2, 0.25) is 10.0 Å². The van der Waals surface area contributed by atoms with E-state index in [9.17, 15) is 31.2 Å². The molecule has 0 fully saturated rings. The molecule has 1 N–H and O–H groups in total. The Hall–Kier alpha value is -2.50. The van der Waals surface area contributed by atoms with E-state index in [2.05, 4.69) is 5.32 Å². The zero-order valence-corrected chi connectivity index (χ0v) is 22.8. The van der Waals surface area contributed by atoms with Gasteiger partial charge in [-0.25, -0.2) is 8.42 Å². The molecule has 0 aliphatic rings. The smallest absolute Gasteiger partial charge is 0.354 e. The van der Waals surface area contributed by atoms with Crippen LogP contribution in [0, 0.1) is 0 Å². The number of halogens is 5. The Labute approximate surface area is 224 Å². The predicted molar refractivity (Wildman–Crippen MR) is 138 cm³/mol. The lowest BCUT2D eigenvalue weighted by Gasteiger charge is -2.33. The quantitative estimate of drug-likeness (QED) is 0.399. The van der Waals surface area contributed by atoms with Gasteiger partial charge in [0.15, 0.2) is 0 Å². The number of hydrogen-bond acceptors (Lipinski definition) is 4. The Bertz CT molecular complexity index is 1210. The van der Waals surface area contributed by atoms with Crippen LogP contribution < -0.4 is 9.62 Å². The van der Waals surface area contributed by atoms with E-state index in [1.165, 1.54) is 4.90 Å². The van der Waals surface area contributed by atoms with Crippen molar-refractivity contribution in [2.75, 3.05) is 23.7 Å². The minimum Gasteiger partial charge on any atom is -0.354 e. The Morgan fingerprint density at radius 3 is 2.19 bits per heavy atom. The van der Waals surface area contributed by atoms with Gasteiger partial charge < -0.3 is 10.2 Å². The summed E-state index contributed by atoms with van der Waals surface area (Å²) in [7, 11) is -4.21. The van der Waals surface area contributed by atoms with E-state index in [4.69, 9.17) is 23.2 Å². The van der Waals surface area contributed by atoms with Crippen molar-refractivity contribution in [2.45, 2.75) is 45.5 Å². The maximum Gasteiger partial charge on any atom is 0.417 e. The second-order valence-electron chi connectivity index (χ2n) is 8.29. The Kier molecular flexibility index (Phi) is 10.7. The average Bonchev–Trinajstić information content (AvgIpc) is 2.81. The summed E-state index contributed by atoms with van der Waals surface area (Å²) < 4.78 is 66.0. The third-order valence-electron chi connectivity index (χ3n) is 5.42. The number of carbonyl (C=O) groups excluding carboxylic acids is 2. The van der Waals surface area contributed by atoms with Crippen molar-refractivity contribution in [3.05, 3.63) is 63.6 Å². The van der Waals surface area contributed by atoms with Crippen LogP contribution in [0.4, 0.5) is 18.9 Å². The fraction of sp³-hybridized carbons (Fsp3) is 0.417. The molecule has 0 saturated carbocycles. The molecule has 0 aliphatic heterocycles. The molecule has 7 nitrogen and oxygen atoms in total. The number of nitrogens with one attached hydrogen (secondary N) is 1. The SMILES string of the molecule is CCCNC(=O)[C@H](CC)N(Cc1ccc(Cl)cc1)C(=O)CN(c1ccc(Cl)c(C(F)(F)F)c1)S(C)(=O)=O. The molecule has 0 bridgehead atoms. The van der Waals surface area contributed by atoms with Crippen molar-refractivity contribution in [2.24, 2.45) is 0 Å². The lowest BCUT2D eigenvalue weighted by molar-refractivity contribution is -0.140. The minimum absolute atomic E-state index is 0.0555. The van der Waals surface area contributed by atoms with Gasteiger partial charge in [-0.1, -0.05) is 49.2 Å². The van der Waals surface area contributed by atoms with Crippen LogP contribution >= 0.6 is 23.2 Å². The molecule has 0 heterocycles. The number of alkyl halides is 3. The van der Waals surface area contributed by atoms with E-state index in [0.717, 1.165) is 18.4 Å². The predicted octanol–water partition coefficient (Wildman–Crippen LogP) is 5.11. The molecule has 0 unspecified atom stereocenters. The average molecular weight is 582 g/mol. The number of benzene rings is 2. The first-order valence-electron chi connectivity index (χ1n) is 11.3. The molecular weight excluding hydrogens is 554 g/mol. The second kappa shape index (κ2) is 12.8. The number of carbonyl (C=O) groups is 2. The van der Waals surface area contributed by atoms with Crippen LogP contribution in [0.15, 0.2) is 42.5 Å². The number of nitrogens with zero attached hydrogens (tertiary/aromatic N) is 2. The Morgan fingerprint density at radius 2 is 1.68 bits per heavy atom. The van der Waals surface area contributed by atoms with Crippen molar-refractivity contribution in [3.8, 4) is 0 Å². The number of rotatable bonds is 11. The van der Waals surface area contributed by atoms with Gasteiger partial charge >= 0.3 is 6.18 Å². The monoisotopic (exact) mass is 581 g/mol. The van der Waals surface area contributed by atoms with E-state index < -0.39 is 51.2 Å². The van der Waals surface area contributed by atoms with Crippen LogP contribution in [-0.4, -0.2) is 50.5 Å². The molecule has 2 amide bonds. The van der Waals surface area contributed by atoms with Gasteiger partial charge in [0.25, 0.3) is 0 Å². The van der Waals surface area contributed by atoms with Gasteiger partial charge in [-0.15, -0.1) is 0 Å². The molecule has 0 saturated heterocycles. The zero-order valence-electron chi connectivity index (χ0n) is 20.5. The molecule has 0 aliphatic carbocycles. The summed E-state index contributed by atoms with van der Waals surface area (Å²) in [4.78, 5) is 27.6. The van der Waals surface area contributed by atoms with E-state index in [0.29, 0.717) is 33.9 Å². The van der Waals surface area contributed by atoms with Crippen LogP contribution in [0.3, 0.4) is 0 Å². The number of sulfonamides is 1. The fourth-order valence-electron chi connectivity index (χ4n) is 3.57. The van der Waals surface area contributed by atoms with Gasteiger partial charge in [0.05, 0.1) is 22.5 Å². The zero-order chi connectivity index (χ0) is 28.0. The van der Waals surface area contributed by atoms with Gasteiger partial charge in [0.2, 0.25) is 21.8 Å². The van der Waals surface area contributed by atoms with Crippen molar-refractivity contribution < 1.29 is 31.2 Å². The topological polar surface area (TPSA) is 86.8 Å². The van der Waals surface area contributed by atoms with Gasteiger partial charge in [0, 0.05) is 18.1 Å². The van der Waals surface area contributed by atoms with Crippen LogP contribution in [0.25, 0.3) is 0 Å². The molecule has 0 radical (unpaired) electrons. The first-order valence-corrected chi connectivity index (χ1v) is 14.0. The van der Waals surface area contributed by atoms with E-state index >= 15 is 0 Å². The number of hydrogen-bond donors (Lipinski definition) is 1. The summed E-state index contributed by atoms with van der Waals surface area (Å²) in [5, 5.41) is 2.58. The molecule has 0 aromatic heterocycles. The highest BCUT2D eigenvalue weighted by Gasteiger charge is 2.36. The fourth-order valence-corrected chi connectivity index (χ4v) is 4.76. The number of anilines is 1. The molecule has 2 rings (SSSR count). The summed E-state index contributed by atoms with van der Waals surface area (Å²) in [5.41, 5.74) is -1.00. The van der Waals surface area contributed by atoms with Crippen LogP contribution in [0.5, 0.6) is 0 Å². The first kappa shape index (κ1) is 30.7.